The molecule has 1 aromatic heterocycles. The molecule has 2 aromatic rings. The molecule has 0 unspecified atom stereocenters. The molecule has 6 nitrogen and oxygen atoms in total. The summed E-state index contributed by atoms with van der Waals surface area (Å²) < 4.78 is 7.22. The molecule has 0 bridgehead atoms. The van der Waals surface area contributed by atoms with Crippen LogP contribution in [0, 0.1) is 5.92 Å². The Bertz CT molecular complexity index is 676. The van der Waals surface area contributed by atoms with Crippen LogP contribution in [0.25, 0.3) is 0 Å². The highest BCUT2D eigenvalue weighted by Gasteiger charge is 2.26. The molecule has 1 fully saturated rings. The minimum Gasteiger partial charge on any atom is -0.497 e. The van der Waals surface area contributed by atoms with Crippen molar-refractivity contribution >= 4 is 5.69 Å². The summed E-state index contributed by atoms with van der Waals surface area (Å²) in [4.78, 5) is 6.89. The van der Waals surface area contributed by atoms with E-state index >= 15 is 0 Å². The van der Waals surface area contributed by atoms with E-state index in [1.165, 1.54) is 5.69 Å². The second kappa shape index (κ2) is 7.87. The number of aromatic nitrogens is 3. The van der Waals surface area contributed by atoms with Crippen LogP contribution in [0.15, 0.2) is 30.6 Å². The molecule has 1 aliphatic rings. The summed E-state index contributed by atoms with van der Waals surface area (Å²) in [6, 6.07) is 9.07. The molecule has 0 aliphatic carbocycles. The third-order valence-electron chi connectivity index (χ3n) is 5.02. The molecule has 0 amide bonds. The fraction of sp³-hybridized carbons (Fsp3) is 0.579. The first-order valence-corrected chi connectivity index (χ1v) is 9.07. The molecule has 0 radical (unpaired) electrons. The second-order valence-corrected chi connectivity index (χ2v) is 7.09. The monoisotopic (exact) mass is 343 g/mol. The van der Waals surface area contributed by atoms with Gasteiger partial charge < -0.3 is 15.0 Å². The van der Waals surface area contributed by atoms with Gasteiger partial charge in [0.1, 0.15) is 17.9 Å². The highest BCUT2D eigenvalue weighted by atomic mass is 16.5. The van der Waals surface area contributed by atoms with E-state index in [9.17, 15) is 0 Å². The summed E-state index contributed by atoms with van der Waals surface area (Å²) in [5, 5.41) is 8.05. The number of methoxy groups -OCH3 is 1. The van der Waals surface area contributed by atoms with Crippen molar-refractivity contribution in [3.05, 3.63) is 36.4 Å². The third-order valence-corrected chi connectivity index (χ3v) is 5.02. The van der Waals surface area contributed by atoms with Gasteiger partial charge in [-0.05, 0) is 30.9 Å². The number of hydrogen-bond donors (Lipinski definition) is 1. The van der Waals surface area contributed by atoms with Gasteiger partial charge in [-0.2, -0.15) is 5.10 Å². The summed E-state index contributed by atoms with van der Waals surface area (Å²) in [6.07, 6.45) is 3.88. The molecule has 1 saturated heterocycles. The van der Waals surface area contributed by atoms with Gasteiger partial charge in [0, 0.05) is 37.9 Å². The first-order chi connectivity index (χ1) is 12.1. The molecule has 1 N–H and O–H groups in total. The number of hydrogen-bond acceptors (Lipinski definition) is 5. The molecule has 1 atom stereocenters. The molecule has 1 aliphatic heterocycles. The Balaban J connectivity index is 1.60. The van der Waals surface area contributed by atoms with Crippen LogP contribution >= 0.6 is 0 Å². The van der Waals surface area contributed by atoms with Crippen LogP contribution in [-0.4, -0.2) is 41.0 Å². The molecule has 0 spiro atoms. The Morgan fingerprint density at radius 1 is 1.24 bits per heavy atom. The zero-order chi connectivity index (χ0) is 17.8. The topological polar surface area (TPSA) is 55.2 Å². The van der Waals surface area contributed by atoms with Crippen molar-refractivity contribution in [2.24, 2.45) is 13.0 Å². The minimum absolute atomic E-state index is 0.237. The highest BCUT2D eigenvalue weighted by Crippen LogP contribution is 2.26. The number of nitrogens with one attached hydrogen (secondary N) is 1. The quantitative estimate of drug-likeness (QED) is 0.874. The Morgan fingerprint density at radius 3 is 2.60 bits per heavy atom. The molecule has 2 heterocycles. The summed E-state index contributed by atoms with van der Waals surface area (Å²) in [7, 11) is 3.68. The van der Waals surface area contributed by atoms with E-state index in [4.69, 9.17) is 4.74 Å². The van der Waals surface area contributed by atoms with Gasteiger partial charge in [0.25, 0.3) is 0 Å². The Morgan fingerprint density at radius 2 is 2.00 bits per heavy atom. The zero-order valence-electron chi connectivity index (χ0n) is 15.6. The molecule has 3 rings (SSSR count). The average Bonchev–Trinajstić information content (AvgIpc) is 3.05. The molecule has 6 heteroatoms. The largest absolute Gasteiger partial charge is 0.497 e. The number of ether oxygens (including phenoxy) is 1. The number of piperidine rings is 1. The van der Waals surface area contributed by atoms with Gasteiger partial charge >= 0.3 is 0 Å². The van der Waals surface area contributed by atoms with Crippen LogP contribution in [0.4, 0.5) is 5.69 Å². The van der Waals surface area contributed by atoms with Crippen molar-refractivity contribution in [2.75, 3.05) is 25.1 Å². The maximum atomic E-state index is 5.34. The zero-order valence-corrected chi connectivity index (χ0v) is 15.6. The Labute approximate surface area is 150 Å². The summed E-state index contributed by atoms with van der Waals surface area (Å²) in [6.45, 7) is 6.57. The summed E-state index contributed by atoms with van der Waals surface area (Å²) in [5.41, 5.74) is 1.24. The maximum absolute atomic E-state index is 5.34. The number of benzene rings is 1. The molecule has 0 saturated carbocycles. The third kappa shape index (κ3) is 4.12. The first kappa shape index (κ1) is 17.7. The van der Waals surface area contributed by atoms with Crippen molar-refractivity contribution in [2.45, 2.75) is 38.8 Å². The molecular weight excluding hydrogens is 314 g/mol. The average molecular weight is 343 g/mol. The smallest absolute Gasteiger partial charge is 0.143 e. The van der Waals surface area contributed by atoms with Gasteiger partial charge in [-0.15, -0.1) is 0 Å². The lowest BCUT2D eigenvalue weighted by Crippen LogP contribution is -2.45. The first-order valence-electron chi connectivity index (χ1n) is 9.07. The van der Waals surface area contributed by atoms with Gasteiger partial charge in [-0.25, -0.2) is 4.98 Å². The normalized spacial score (nSPS) is 17.1. The predicted octanol–water partition coefficient (Wildman–Crippen LogP) is 2.78. The fourth-order valence-corrected chi connectivity index (χ4v) is 3.52. The lowest BCUT2D eigenvalue weighted by molar-refractivity contribution is 0.305. The molecule has 25 heavy (non-hydrogen) atoms. The van der Waals surface area contributed by atoms with E-state index in [-0.39, 0.29) is 6.04 Å². The lowest BCUT2D eigenvalue weighted by atomic mass is 9.98. The van der Waals surface area contributed by atoms with Gasteiger partial charge in [-0.3, -0.25) is 4.68 Å². The maximum Gasteiger partial charge on any atom is 0.143 e. The SMILES string of the molecule is COc1cccc(N2CCC(N[C@@H](c3ncnn3C)C(C)C)CC2)c1. The van der Waals surface area contributed by atoms with Crippen LogP contribution in [0.2, 0.25) is 0 Å². The van der Waals surface area contributed by atoms with E-state index in [1.54, 1.807) is 13.4 Å². The number of nitrogens with zero attached hydrogens (tertiary/aromatic N) is 4. The van der Waals surface area contributed by atoms with E-state index in [0.29, 0.717) is 12.0 Å². The van der Waals surface area contributed by atoms with Crippen molar-refractivity contribution in [1.29, 1.82) is 0 Å². The minimum atomic E-state index is 0.237. The van der Waals surface area contributed by atoms with E-state index in [0.717, 1.165) is 37.5 Å². The van der Waals surface area contributed by atoms with Crippen LogP contribution in [0.5, 0.6) is 5.75 Å². The van der Waals surface area contributed by atoms with Crippen molar-refractivity contribution in [1.82, 2.24) is 20.1 Å². The van der Waals surface area contributed by atoms with E-state index in [2.05, 4.69) is 52.3 Å². The van der Waals surface area contributed by atoms with Crippen LogP contribution in [0.3, 0.4) is 0 Å². The predicted molar refractivity (Wildman–Crippen MR) is 99.9 cm³/mol. The van der Waals surface area contributed by atoms with Gasteiger partial charge in [-0.1, -0.05) is 19.9 Å². The molecular formula is C19H29N5O. The molecule has 1 aromatic carbocycles. The fourth-order valence-electron chi connectivity index (χ4n) is 3.52. The number of aryl methyl sites for hydroxylation is 1. The number of anilines is 1. The highest BCUT2D eigenvalue weighted by molar-refractivity contribution is 5.51. The van der Waals surface area contributed by atoms with Crippen LogP contribution in [0.1, 0.15) is 38.6 Å². The van der Waals surface area contributed by atoms with E-state index < -0.39 is 0 Å². The summed E-state index contributed by atoms with van der Waals surface area (Å²) in [5.74, 6) is 2.41. The second-order valence-electron chi connectivity index (χ2n) is 7.09. The lowest BCUT2D eigenvalue weighted by Gasteiger charge is -2.36. The van der Waals surface area contributed by atoms with Crippen LogP contribution in [-0.2, 0) is 7.05 Å². The van der Waals surface area contributed by atoms with Gasteiger partial charge in [0.15, 0.2) is 0 Å². The van der Waals surface area contributed by atoms with Crippen molar-refractivity contribution < 1.29 is 4.74 Å². The van der Waals surface area contributed by atoms with E-state index in [1.807, 2.05) is 17.8 Å². The van der Waals surface area contributed by atoms with Crippen molar-refractivity contribution in [3.63, 3.8) is 0 Å². The van der Waals surface area contributed by atoms with Crippen LogP contribution < -0.4 is 15.0 Å². The van der Waals surface area contributed by atoms with Gasteiger partial charge in [0.2, 0.25) is 0 Å². The Hall–Kier alpha value is -2.08. The van der Waals surface area contributed by atoms with Crippen molar-refractivity contribution in [3.8, 4) is 5.75 Å². The summed E-state index contributed by atoms with van der Waals surface area (Å²) >= 11 is 0. The standard InChI is InChI=1S/C19H29N5O/c1-14(2)18(19-20-13-21-23(19)3)22-15-8-10-24(11-9-15)16-6-5-7-17(12-16)25-4/h5-7,12-15,18,22H,8-11H2,1-4H3/t18-/m1/s1. The van der Waals surface area contributed by atoms with Gasteiger partial charge in [0.05, 0.1) is 13.2 Å². The molecule has 136 valence electrons. The Kier molecular flexibility index (Phi) is 5.58. The number of rotatable bonds is 6.